The number of carbonyl (C=O) groups is 1. The molecule has 5 heteroatoms. The standard InChI is InChI=1S/C26H23ClN2OS/c27-22-12-11-20(18-28-16-15-19-7-3-1-4-8-19)17-23(22)29-26(30)25-14-13-24(31-25)21-9-5-2-6-10-21/h1-14,17,28H,15-16,18H2,(H,29,30). The van der Waals surface area contributed by atoms with Gasteiger partial charge in [0.05, 0.1) is 15.6 Å². The summed E-state index contributed by atoms with van der Waals surface area (Å²) in [5, 5.41) is 6.94. The van der Waals surface area contributed by atoms with Gasteiger partial charge in [0, 0.05) is 11.4 Å². The maximum absolute atomic E-state index is 12.8. The van der Waals surface area contributed by atoms with Crippen LogP contribution in [0.1, 0.15) is 20.8 Å². The lowest BCUT2D eigenvalue weighted by Crippen LogP contribution is -2.17. The van der Waals surface area contributed by atoms with Crippen molar-refractivity contribution in [3.63, 3.8) is 0 Å². The number of hydrogen-bond donors (Lipinski definition) is 2. The van der Waals surface area contributed by atoms with Crippen molar-refractivity contribution in [2.24, 2.45) is 0 Å². The summed E-state index contributed by atoms with van der Waals surface area (Å²) >= 11 is 7.81. The molecular formula is C26H23ClN2OS. The first-order valence-corrected chi connectivity index (χ1v) is 11.4. The molecule has 0 saturated carbocycles. The molecule has 2 N–H and O–H groups in total. The van der Waals surface area contributed by atoms with E-state index in [1.807, 2.05) is 66.7 Å². The predicted molar refractivity (Wildman–Crippen MR) is 131 cm³/mol. The quantitative estimate of drug-likeness (QED) is 0.297. The Labute approximate surface area is 191 Å². The van der Waals surface area contributed by atoms with Crippen LogP contribution in [-0.4, -0.2) is 12.5 Å². The van der Waals surface area contributed by atoms with Gasteiger partial charge in [0.1, 0.15) is 0 Å². The van der Waals surface area contributed by atoms with Gasteiger partial charge in [-0.1, -0.05) is 78.3 Å². The fourth-order valence-electron chi connectivity index (χ4n) is 3.29. The molecular weight excluding hydrogens is 424 g/mol. The number of anilines is 1. The summed E-state index contributed by atoms with van der Waals surface area (Å²) in [4.78, 5) is 14.5. The molecule has 0 saturated heterocycles. The molecule has 0 bridgehead atoms. The highest BCUT2D eigenvalue weighted by atomic mass is 35.5. The van der Waals surface area contributed by atoms with E-state index in [4.69, 9.17) is 11.6 Å². The molecule has 1 heterocycles. The number of amides is 1. The largest absolute Gasteiger partial charge is 0.320 e. The first-order chi connectivity index (χ1) is 15.2. The highest BCUT2D eigenvalue weighted by Crippen LogP contribution is 2.29. The lowest BCUT2D eigenvalue weighted by Gasteiger charge is -2.10. The van der Waals surface area contributed by atoms with Crippen molar-refractivity contribution in [1.29, 1.82) is 0 Å². The van der Waals surface area contributed by atoms with Gasteiger partial charge in [-0.25, -0.2) is 0 Å². The van der Waals surface area contributed by atoms with Crippen LogP contribution < -0.4 is 10.6 Å². The first-order valence-electron chi connectivity index (χ1n) is 10.2. The molecule has 0 aliphatic carbocycles. The monoisotopic (exact) mass is 446 g/mol. The Balaban J connectivity index is 1.36. The van der Waals surface area contributed by atoms with E-state index in [-0.39, 0.29) is 5.91 Å². The molecule has 0 atom stereocenters. The number of nitrogens with one attached hydrogen (secondary N) is 2. The van der Waals surface area contributed by atoms with E-state index in [0.29, 0.717) is 22.1 Å². The van der Waals surface area contributed by atoms with Gasteiger partial charge in [-0.2, -0.15) is 0 Å². The van der Waals surface area contributed by atoms with Crippen molar-refractivity contribution in [3.05, 3.63) is 112 Å². The number of benzene rings is 3. The molecule has 1 aromatic heterocycles. The zero-order valence-electron chi connectivity index (χ0n) is 17.0. The Morgan fingerprint density at radius 3 is 2.35 bits per heavy atom. The molecule has 0 unspecified atom stereocenters. The van der Waals surface area contributed by atoms with Gasteiger partial charge in [0.25, 0.3) is 5.91 Å². The molecule has 3 nitrogen and oxygen atoms in total. The molecule has 0 aliphatic heterocycles. The Morgan fingerprint density at radius 2 is 1.58 bits per heavy atom. The summed E-state index contributed by atoms with van der Waals surface area (Å²) in [5.74, 6) is -0.150. The zero-order chi connectivity index (χ0) is 21.5. The maximum Gasteiger partial charge on any atom is 0.265 e. The van der Waals surface area contributed by atoms with Crippen LogP contribution in [0.25, 0.3) is 10.4 Å². The number of hydrogen-bond acceptors (Lipinski definition) is 3. The summed E-state index contributed by atoms with van der Waals surface area (Å²) < 4.78 is 0. The number of halogens is 1. The van der Waals surface area contributed by atoms with Gasteiger partial charge in [0.15, 0.2) is 0 Å². The highest BCUT2D eigenvalue weighted by Gasteiger charge is 2.12. The second kappa shape index (κ2) is 10.4. The summed E-state index contributed by atoms with van der Waals surface area (Å²) in [7, 11) is 0. The van der Waals surface area contributed by atoms with Crippen LogP contribution in [0.4, 0.5) is 5.69 Å². The zero-order valence-corrected chi connectivity index (χ0v) is 18.5. The second-order valence-electron chi connectivity index (χ2n) is 7.21. The van der Waals surface area contributed by atoms with Gasteiger partial charge in [-0.05, 0) is 53.9 Å². The predicted octanol–water partition coefficient (Wildman–Crippen LogP) is 6.65. The van der Waals surface area contributed by atoms with Crippen molar-refractivity contribution >= 4 is 34.5 Å². The van der Waals surface area contributed by atoms with Crippen LogP contribution in [0.3, 0.4) is 0 Å². The maximum atomic E-state index is 12.8. The summed E-state index contributed by atoms with van der Waals surface area (Å²) in [6, 6.07) is 30.0. The van der Waals surface area contributed by atoms with Gasteiger partial charge in [-0.15, -0.1) is 11.3 Å². The molecule has 31 heavy (non-hydrogen) atoms. The van der Waals surface area contributed by atoms with Gasteiger partial charge in [0.2, 0.25) is 0 Å². The SMILES string of the molecule is O=C(Nc1cc(CNCCc2ccccc2)ccc1Cl)c1ccc(-c2ccccc2)s1. The minimum atomic E-state index is -0.150. The van der Waals surface area contributed by atoms with Crippen LogP contribution in [-0.2, 0) is 13.0 Å². The average molecular weight is 447 g/mol. The molecule has 0 spiro atoms. The van der Waals surface area contributed by atoms with Gasteiger partial charge >= 0.3 is 0 Å². The normalized spacial score (nSPS) is 10.7. The second-order valence-corrected chi connectivity index (χ2v) is 8.70. The van der Waals surface area contributed by atoms with E-state index < -0.39 is 0 Å². The van der Waals surface area contributed by atoms with E-state index in [2.05, 4.69) is 34.9 Å². The third-order valence-electron chi connectivity index (χ3n) is 4.93. The van der Waals surface area contributed by atoms with Crippen LogP contribution in [0, 0.1) is 0 Å². The Kier molecular flexibility index (Phi) is 7.15. The third kappa shape index (κ3) is 5.82. The molecule has 1 amide bonds. The molecule has 156 valence electrons. The summed E-state index contributed by atoms with van der Waals surface area (Å²) in [5.41, 5.74) is 4.12. The van der Waals surface area contributed by atoms with Crippen molar-refractivity contribution in [2.75, 3.05) is 11.9 Å². The van der Waals surface area contributed by atoms with Crippen LogP contribution in [0.5, 0.6) is 0 Å². The van der Waals surface area contributed by atoms with E-state index in [1.165, 1.54) is 16.9 Å². The van der Waals surface area contributed by atoms with Crippen LogP contribution >= 0.6 is 22.9 Å². The molecule has 0 aliphatic rings. The average Bonchev–Trinajstić information content (AvgIpc) is 3.31. The molecule has 3 aromatic carbocycles. The summed E-state index contributed by atoms with van der Waals surface area (Å²) in [6.07, 6.45) is 0.972. The van der Waals surface area contributed by atoms with Crippen LogP contribution in [0.2, 0.25) is 5.02 Å². The fourth-order valence-corrected chi connectivity index (χ4v) is 4.36. The fraction of sp³-hybridized carbons (Fsp3) is 0.115. The Morgan fingerprint density at radius 1 is 0.839 bits per heavy atom. The molecule has 4 rings (SSSR count). The number of carbonyl (C=O) groups excluding carboxylic acids is 1. The lowest BCUT2D eigenvalue weighted by atomic mass is 10.1. The minimum Gasteiger partial charge on any atom is -0.320 e. The van der Waals surface area contributed by atoms with Crippen molar-refractivity contribution < 1.29 is 4.79 Å². The topological polar surface area (TPSA) is 41.1 Å². The number of rotatable bonds is 8. The van der Waals surface area contributed by atoms with Crippen LogP contribution in [0.15, 0.2) is 91.0 Å². The highest BCUT2D eigenvalue weighted by molar-refractivity contribution is 7.17. The van der Waals surface area contributed by atoms with E-state index >= 15 is 0 Å². The number of thiophene rings is 1. The van der Waals surface area contributed by atoms with E-state index in [1.54, 1.807) is 0 Å². The van der Waals surface area contributed by atoms with E-state index in [0.717, 1.165) is 29.0 Å². The van der Waals surface area contributed by atoms with Gasteiger partial charge in [-0.3, -0.25) is 4.79 Å². The minimum absolute atomic E-state index is 0.150. The first kappa shape index (κ1) is 21.3. The smallest absolute Gasteiger partial charge is 0.265 e. The van der Waals surface area contributed by atoms with Gasteiger partial charge < -0.3 is 10.6 Å². The van der Waals surface area contributed by atoms with Crippen molar-refractivity contribution in [1.82, 2.24) is 5.32 Å². The van der Waals surface area contributed by atoms with Crippen molar-refractivity contribution in [2.45, 2.75) is 13.0 Å². The van der Waals surface area contributed by atoms with Crippen molar-refractivity contribution in [3.8, 4) is 10.4 Å². The van der Waals surface area contributed by atoms with E-state index in [9.17, 15) is 4.79 Å². The molecule has 4 aromatic rings. The molecule has 0 fully saturated rings. The Hall–Kier alpha value is -2.92. The Bertz CT molecular complexity index is 1140. The summed E-state index contributed by atoms with van der Waals surface area (Å²) in [6.45, 7) is 1.59. The molecule has 0 radical (unpaired) electrons. The lowest BCUT2D eigenvalue weighted by molar-refractivity contribution is 0.103. The third-order valence-corrected chi connectivity index (χ3v) is 6.39.